The van der Waals surface area contributed by atoms with E-state index in [2.05, 4.69) is 34.2 Å². The highest BCUT2D eigenvalue weighted by atomic mass is 16.5. The number of aryl methyl sites for hydroxylation is 2. The van der Waals surface area contributed by atoms with Gasteiger partial charge >= 0.3 is 0 Å². The van der Waals surface area contributed by atoms with Gasteiger partial charge in [0.15, 0.2) is 0 Å². The molecule has 1 aromatic heterocycles. The number of nitrogens with zero attached hydrogens (tertiary/aromatic N) is 4. The van der Waals surface area contributed by atoms with Gasteiger partial charge in [0.25, 0.3) is 0 Å². The second-order valence-electron chi connectivity index (χ2n) is 4.01. The molecule has 0 unspecified atom stereocenters. The van der Waals surface area contributed by atoms with Crippen LogP contribution < -0.4 is 0 Å². The Kier molecular flexibility index (Phi) is 3.65. The highest BCUT2D eigenvalue weighted by Gasteiger charge is 2.13. The zero-order valence-electron chi connectivity index (χ0n) is 10.4. The van der Waals surface area contributed by atoms with E-state index in [0.29, 0.717) is 5.76 Å². The van der Waals surface area contributed by atoms with Gasteiger partial charge in [0, 0.05) is 16.0 Å². The normalized spacial score (nSPS) is 10.1. The van der Waals surface area contributed by atoms with Gasteiger partial charge in [0.05, 0.1) is 6.54 Å². The van der Waals surface area contributed by atoms with Crippen molar-refractivity contribution < 1.29 is 4.52 Å². The van der Waals surface area contributed by atoms with E-state index in [1.54, 1.807) is 0 Å². The SMILES string of the molecule is CCc1ccc(-c2noc(C)c2CN=[N+]=[N-])cc1. The fraction of sp³-hybridized carbons (Fsp3) is 0.308. The number of hydrogen-bond donors (Lipinski definition) is 0. The summed E-state index contributed by atoms with van der Waals surface area (Å²) >= 11 is 0. The quantitative estimate of drug-likeness (QED) is 0.461. The molecule has 1 aromatic carbocycles. The lowest BCUT2D eigenvalue weighted by Gasteiger charge is -2.01. The Labute approximate surface area is 105 Å². The van der Waals surface area contributed by atoms with Crippen LogP contribution in [0, 0.1) is 6.92 Å². The summed E-state index contributed by atoms with van der Waals surface area (Å²) in [6.07, 6.45) is 1.00. The van der Waals surface area contributed by atoms with Crippen LogP contribution in [0.3, 0.4) is 0 Å². The molecule has 0 amide bonds. The molecule has 2 rings (SSSR count). The molecule has 0 spiro atoms. The van der Waals surface area contributed by atoms with Gasteiger partial charge in [-0.25, -0.2) is 0 Å². The van der Waals surface area contributed by atoms with Crippen LogP contribution in [-0.2, 0) is 13.0 Å². The van der Waals surface area contributed by atoms with Gasteiger partial charge in [-0.3, -0.25) is 0 Å². The number of azide groups is 1. The third-order valence-electron chi connectivity index (χ3n) is 2.91. The van der Waals surface area contributed by atoms with Crippen molar-refractivity contribution in [2.75, 3.05) is 0 Å². The molecule has 0 fully saturated rings. The van der Waals surface area contributed by atoms with Gasteiger partial charge in [-0.1, -0.05) is 41.5 Å². The smallest absolute Gasteiger partial charge is 0.137 e. The molecule has 0 bridgehead atoms. The van der Waals surface area contributed by atoms with Gasteiger partial charge in [0.2, 0.25) is 0 Å². The fourth-order valence-electron chi connectivity index (χ4n) is 1.80. The van der Waals surface area contributed by atoms with Crippen molar-refractivity contribution in [1.82, 2.24) is 5.16 Å². The van der Waals surface area contributed by atoms with E-state index in [9.17, 15) is 0 Å². The topological polar surface area (TPSA) is 74.8 Å². The predicted molar refractivity (Wildman–Crippen MR) is 68.9 cm³/mol. The molecular weight excluding hydrogens is 228 g/mol. The van der Waals surface area contributed by atoms with E-state index in [0.717, 1.165) is 23.2 Å². The fourth-order valence-corrected chi connectivity index (χ4v) is 1.80. The average molecular weight is 242 g/mol. The number of aromatic nitrogens is 1. The summed E-state index contributed by atoms with van der Waals surface area (Å²) in [6.45, 7) is 4.19. The lowest BCUT2D eigenvalue weighted by molar-refractivity contribution is 0.398. The van der Waals surface area contributed by atoms with Crippen LogP contribution >= 0.6 is 0 Å². The van der Waals surface area contributed by atoms with Crippen molar-refractivity contribution >= 4 is 0 Å². The maximum Gasteiger partial charge on any atom is 0.137 e. The van der Waals surface area contributed by atoms with Crippen molar-refractivity contribution in [3.63, 3.8) is 0 Å². The van der Waals surface area contributed by atoms with Crippen molar-refractivity contribution in [2.24, 2.45) is 5.11 Å². The van der Waals surface area contributed by atoms with Crippen LogP contribution in [0.2, 0.25) is 0 Å². The summed E-state index contributed by atoms with van der Waals surface area (Å²) in [5.74, 6) is 0.692. The molecule has 0 N–H and O–H groups in total. The summed E-state index contributed by atoms with van der Waals surface area (Å²) in [6, 6.07) is 8.15. The first-order chi connectivity index (χ1) is 8.76. The van der Waals surface area contributed by atoms with E-state index in [4.69, 9.17) is 10.1 Å². The Bertz CT molecular complexity index is 580. The molecule has 1 heterocycles. The third kappa shape index (κ3) is 2.36. The molecule has 5 nitrogen and oxygen atoms in total. The van der Waals surface area contributed by atoms with Gasteiger partial charge < -0.3 is 4.52 Å². The molecule has 18 heavy (non-hydrogen) atoms. The third-order valence-corrected chi connectivity index (χ3v) is 2.91. The Morgan fingerprint density at radius 1 is 1.33 bits per heavy atom. The summed E-state index contributed by atoms with van der Waals surface area (Å²) in [5.41, 5.74) is 12.2. The van der Waals surface area contributed by atoms with Gasteiger partial charge in [-0.05, 0) is 24.4 Å². The minimum Gasteiger partial charge on any atom is -0.361 e. The van der Waals surface area contributed by atoms with E-state index in [-0.39, 0.29) is 6.54 Å². The molecule has 0 radical (unpaired) electrons. The standard InChI is InChI=1S/C13H14N4O/c1-3-10-4-6-11(7-5-10)13-12(8-15-17-14)9(2)18-16-13/h4-7H,3,8H2,1-2H3. The van der Waals surface area contributed by atoms with E-state index < -0.39 is 0 Å². The minimum atomic E-state index is 0.261. The molecule has 0 aliphatic heterocycles. The lowest BCUT2D eigenvalue weighted by Crippen LogP contribution is -1.87. The van der Waals surface area contributed by atoms with Crippen LogP contribution in [-0.4, -0.2) is 5.16 Å². The van der Waals surface area contributed by atoms with Gasteiger partial charge in [0.1, 0.15) is 11.5 Å². The zero-order chi connectivity index (χ0) is 13.0. The van der Waals surface area contributed by atoms with E-state index in [1.165, 1.54) is 5.56 Å². The molecule has 0 saturated carbocycles. The number of benzene rings is 1. The van der Waals surface area contributed by atoms with E-state index in [1.807, 2.05) is 19.1 Å². The summed E-state index contributed by atoms with van der Waals surface area (Å²) in [4.78, 5) is 2.77. The maximum atomic E-state index is 8.39. The van der Waals surface area contributed by atoms with Crippen molar-refractivity contribution in [1.29, 1.82) is 0 Å². The number of rotatable bonds is 4. The predicted octanol–water partition coefficient (Wildman–Crippen LogP) is 4.02. The Morgan fingerprint density at radius 2 is 2.06 bits per heavy atom. The molecular formula is C13H14N4O. The largest absolute Gasteiger partial charge is 0.361 e. The second kappa shape index (κ2) is 5.38. The van der Waals surface area contributed by atoms with Crippen LogP contribution in [0.15, 0.2) is 33.9 Å². The van der Waals surface area contributed by atoms with Gasteiger partial charge in [-0.15, -0.1) is 0 Å². The first-order valence-electron chi connectivity index (χ1n) is 5.81. The second-order valence-corrected chi connectivity index (χ2v) is 4.01. The van der Waals surface area contributed by atoms with Crippen molar-refractivity contribution in [3.05, 3.63) is 51.6 Å². The molecule has 0 saturated heterocycles. The van der Waals surface area contributed by atoms with Crippen molar-refractivity contribution in [3.8, 4) is 11.3 Å². The van der Waals surface area contributed by atoms with Crippen LogP contribution in [0.1, 0.15) is 23.8 Å². The Hall–Kier alpha value is -2.26. The molecule has 2 aromatic rings. The van der Waals surface area contributed by atoms with Crippen LogP contribution in [0.5, 0.6) is 0 Å². The van der Waals surface area contributed by atoms with Crippen molar-refractivity contribution in [2.45, 2.75) is 26.8 Å². The minimum absolute atomic E-state index is 0.261. The van der Waals surface area contributed by atoms with E-state index >= 15 is 0 Å². The van der Waals surface area contributed by atoms with Crippen LogP contribution in [0.25, 0.3) is 21.7 Å². The monoisotopic (exact) mass is 242 g/mol. The highest BCUT2D eigenvalue weighted by molar-refractivity contribution is 5.63. The maximum absolute atomic E-state index is 8.39. The number of hydrogen-bond acceptors (Lipinski definition) is 3. The highest BCUT2D eigenvalue weighted by Crippen LogP contribution is 2.26. The first-order valence-corrected chi connectivity index (χ1v) is 5.81. The molecule has 92 valence electrons. The summed E-state index contributed by atoms with van der Waals surface area (Å²) in [5, 5.41) is 7.61. The van der Waals surface area contributed by atoms with Gasteiger partial charge in [-0.2, -0.15) is 0 Å². The van der Waals surface area contributed by atoms with Crippen LogP contribution in [0.4, 0.5) is 0 Å². The molecule has 0 atom stereocenters. The first kappa shape index (κ1) is 12.2. The molecule has 0 aliphatic rings. The zero-order valence-corrected chi connectivity index (χ0v) is 10.4. The average Bonchev–Trinajstić information content (AvgIpc) is 2.78. The lowest BCUT2D eigenvalue weighted by atomic mass is 10.0. The molecule has 5 heteroatoms. The summed E-state index contributed by atoms with van der Waals surface area (Å²) in [7, 11) is 0. The Balaban J connectivity index is 2.39. The molecule has 0 aliphatic carbocycles. The summed E-state index contributed by atoms with van der Waals surface area (Å²) < 4.78 is 5.17. The Morgan fingerprint density at radius 3 is 2.67 bits per heavy atom.